The standard InChI is InChI=1S/C16H19N7O2S/c1-9(2)14-18-15(25-20-14)10(3)26-16-19-21-22-23(16)13-7-5-6-12(8-13)17-11(4)24/h5-10H,1-4H3,(H,17,24). The van der Waals surface area contributed by atoms with Crippen LogP contribution in [0.2, 0.25) is 0 Å². The van der Waals surface area contributed by atoms with E-state index in [9.17, 15) is 4.79 Å². The zero-order valence-electron chi connectivity index (χ0n) is 14.9. The second-order valence-corrected chi connectivity index (χ2v) is 7.32. The quantitative estimate of drug-likeness (QED) is 0.656. The van der Waals surface area contributed by atoms with Crippen molar-refractivity contribution in [1.82, 2.24) is 30.3 Å². The number of benzene rings is 1. The van der Waals surface area contributed by atoms with Gasteiger partial charge in [-0.15, -0.1) is 5.10 Å². The Morgan fingerprint density at radius 2 is 2.12 bits per heavy atom. The first-order valence-corrected chi connectivity index (χ1v) is 8.98. The molecule has 1 atom stereocenters. The number of rotatable bonds is 6. The molecule has 2 heterocycles. The van der Waals surface area contributed by atoms with Gasteiger partial charge in [0.2, 0.25) is 17.0 Å². The molecule has 1 amide bonds. The van der Waals surface area contributed by atoms with Crippen LogP contribution in [0.1, 0.15) is 50.6 Å². The first kappa shape index (κ1) is 18.1. The number of carbonyl (C=O) groups is 1. The molecule has 0 fully saturated rings. The van der Waals surface area contributed by atoms with E-state index in [1.54, 1.807) is 16.8 Å². The van der Waals surface area contributed by atoms with Crippen LogP contribution in [0.25, 0.3) is 5.69 Å². The Morgan fingerprint density at radius 1 is 1.31 bits per heavy atom. The number of tetrazole rings is 1. The fraction of sp³-hybridized carbons (Fsp3) is 0.375. The molecule has 0 bridgehead atoms. The molecule has 0 spiro atoms. The molecule has 0 saturated heterocycles. The van der Waals surface area contributed by atoms with Gasteiger partial charge in [0.05, 0.1) is 10.9 Å². The van der Waals surface area contributed by atoms with Gasteiger partial charge < -0.3 is 9.84 Å². The van der Waals surface area contributed by atoms with Crippen LogP contribution in [-0.2, 0) is 4.79 Å². The predicted molar refractivity (Wildman–Crippen MR) is 96.1 cm³/mol. The first-order valence-electron chi connectivity index (χ1n) is 8.10. The minimum atomic E-state index is -0.139. The largest absolute Gasteiger partial charge is 0.338 e. The Hall–Kier alpha value is -2.75. The maximum atomic E-state index is 11.2. The molecule has 0 aliphatic carbocycles. The van der Waals surface area contributed by atoms with E-state index in [4.69, 9.17) is 4.52 Å². The van der Waals surface area contributed by atoms with E-state index in [0.717, 1.165) is 5.69 Å². The smallest absolute Gasteiger partial charge is 0.239 e. The van der Waals surface area contributed by atoms with Crippen LogP contribution in [0.3, 0.4) is 0 Å². The second kappa shape index (κ2) is 7.65. The number of nitrogens with zero attached hydrogens (tertiary/aromatic N) is 6. The molecule has 9 nitrogen and oxygen atoms in total. The molecule has 136 valence electrons. The monoisotopic (exact) mass is 373 g/mol. The predicted octanol–water partition coefficient (Wildman–Crippen LogP) is 2.98. The summed E-state index contributed by atoms with van der Waals surface area (Å²) >= 11 is 1.41. The van der Waals surface area contributed by atoms with E-state index in [1.165, 1.54) is 18.7 Å². The van der Waals surface area contributed by atoms with Crippen molar-refractivity contribution in [3.63, 3.8) is 0 Å². The number of carbonyl (C=O) groups excluding carboxylic acids is 1. The third-order valence-electron chi connectivity index (χ3n) is 3.46. The number of hydrogen-bond acceptors (Lipinski definition) is 8. The van der Waals surface area contributed by atoms with Crippen molar-refractivity contribution in [2.24, 2.45) is 0 Å². The lowest BCUT2D eigenvalue weighted by Crippen LogP contribution is -2.07. The summed E-state index contributed by atoms with van der Waals surface area (Å²) < 4.78 is 6.94. The molecule has 3 rings (SSSR count). The summed E-state index contributed by atoms with van der Waals surface area (Å²) in [5, 5.41) is 19.1. The number of aromatic nitrogens is 6. The van der Waals surface area contributed by atoms with Crippen LogP contribution in [0.15, 0.2) is 33.9 Å². The third kappa shape index (κ3) is 4.07. The number of nitrogens with one attached hydrogen (secondary N) is 1. The van der Waals surface area contributed by atoms with Crippen LogP contribution in [0, 0.1) is 0 Å². The van der Waals surface area contributed by atoms with Gasteiger partial charge in [0, 0.05) is 18.5 Å². The summed E-state index contributed by atoms with van der Waals surface area (Å²) in [5.41, 5.74) is 1.41. The van der Waals surface area contributed by atoms with Crippen LogP contribution < -0.4 is 5.32 Å². The summed E-state index contributed by atoms with van der Waals surface area (Å²) in [6.07, 6.45) is 0. The van der Waals surface area contributed by atoms with Gasteiger partial charge in [-0.1, -0.05) is 36.8 Å². The maximum Gasteiger partial charge on any atom is 0.239 e. The summed E-state index contributed by atoms with van der Waals surface area (Å²) in [4.78, 5) is 15.7. The lowest BCUT2D eigenvalue weighted by Gasteiger charge is -2.08. The fourth-order valence-electron chi connectivity index (χ4n) is 2.19. The lowest BCUT2D eigenvalue weighted by molar-refractivity contribution is -0.114. The van der Waals surface area contributed by atoms with E-state index in [2.05, 4.69) is 31.0 Å². The molecule has 1 unspecified atom stereocenters. The highest BCUT2D eigenvalue weighted by atomic mass is 32.2. The van der Waals surface area contributed by atoms with Gasteiger partial charge in [-0.05, 0) is 35.5 Å². The molecule has 0 radical (unpaired) electrons. The first-order chi connectivity index (χ1) is 12.4. The van der Waals surface area contributed by atoms with Crippen molar-refractivity contribution in [3.05, 3.63) is 36.0 Å². The number of hydrogen-bond donors (Lipinski definition) is 1. The van der Waals surface area contributed by atoms with Crippen molar-refractivity contribution in [3.8, 4) is 5.69 Å². The number of thioether (sulfide) groups is 1. The van der Waals surface area contributed by atoms with E-state index in [0.29, 0.717) is 22.6 Å². The van der Waals surface area contributed by atoms with Crippen LogP contribution in [0.5, 0.6) is 0 Å². The highest BCUT2D eigenvalue weighted by Gasteiger charge is 2.20. The van der Waals surface area contributed by atoms with Gasteiger partial charge in [0.25, 0.3) is 0 Å². The van der Waals surface area contributed by atoms with Crippen LogP contribution >= 0.6 is 11.8 Å². The Balaban J connectivity index is 1.81. The molecule has 2 aromatic heterocycles. The molecule has 3 aromatic rings. The Labute approximate surface area is 154 Å². The van der Waals surface area contributed by atoms with Crippen molar-refractivity contribution in [2.75, 3.05) is 5.32 Å². The number of anilines is 1. The highest BCUT2D eigenvalue weighted by Crippen LogP contribution is 2.33. The van der Waals surface area contributed by atoms with Gasteiger partial charge in [-0.25, -0.2) is 0 Å². The van der Waals surface area contributed by atoms with Gasteiger partial charge in [-0.3, -0.25) is 4.79 Å². The highest BCUT2D eigenvalue weighted by molar-refractivity contribution is 7.99. The van der Waals surface area contributed by atoms with Gasteiger partial charge in [-0.2, -0.15) is 9.67 Å². The minimum Gasteiger partial charge on any atom is -0.338 e. The Bertz CT molecular complexity index is 905. The van der Waals surface area contributed by atoms with Crippen molar-refractivity contribution in [1.29, 1.82) is 0 Å². The van der Waals surface area contributed by atoms with E-state index >= 15 is 0 Å². The normalized spacial score (nSPS) is 12.3. The molecule has 0 aliphatic rings. The Kier molecular flexibility index (Phi) is 5.31. The maximum absolute atomic E-state index is 11.2. The minimum absolute atomic E-state index is 0.113. The zero-order chi connectivity index (χ0) is 18.7. The average molecular weight is 373 g/mol. The van der Waals surface area contributed by atoms with Crippen LogP contribution in [0.4, 0.5) is 5.69 Å². The second-order valence-electron chi connectivity index (χ2n) is 6.01. The molecule has 0 aliphatic heterocycles. The number of amides is 1. The van der Waals surface area contributed by atoms with Gasteiger partial charge in [0.15, 0.2) is 5.82 Å². The van der Waals surface area contributed by atoms with Gasteiger partial charge >= 0.3 is 0 Å². The van der Waals surface area contributed by atoms with Crippen molar-refractivity contribution in [2.45, 2.75) is 44.0 Å². The third-order valence-corrected chi connectivity index (χ3v) is 4.48. The summed E-state index contributed by atoms with van der Waals surface area (Å²) in [6, 6.07) is 7.29. The van der Waals surface area contributed by atoms with E-state index in [1.807, 2.05) is 32.9 Å². The SMILES string of the molecule is CC(=O)Nc1cccc(-n2nnnc2SC(C)c2nc(C(C)C)no2)c1. The Morgan fingerprint density at radius 3 is 2.81 bits per heavy atom. The van der Waals surface area contributed by atoms with Crippen molar-refractivity contribution >= 4 is 23.4 Å². The molecule has 0 saturated carbocycles. The zero-order valence-corrected chi connectivity index (χ0v) is 15.7. The topological polar surface area (TPSA) is 112 Å². The lowest BCUT2D eigenvalue weighted by atomic mass is 10.2. The summed E-state index contributed by atoms with van der Waals surface area (Å²) in [6.45, 7) is 7.43. The molecule has 1 N–H and O–H groups in total. The fourth-order valence-corrected chi connectivity index (χ4v) is 3.03. The molecule has 1 aromatic carbocycles. The average Bonchev–Trinajstić information content (AvgIpc) is 3.23. The molecule has 26 heavy (non-hydrogen) atoms. The van der Waals surface area contributed by atoms with Crippen molar-refractivity contribution < 1.29 is 9.32 Å². The van der Waals surface area contributed by atoms with Gasteiger partial charge in [0.1, 0.15) is 0 Å². The summed E-state index contributed by atoms with van der Waals surface area (Å²) in [7, 11) is 0. The molecule has 10 heteroatoms. The van der Waals surface area contributed by atoms with Crippen LogP contribution in [-0.4, -0.2) is 36.3 Å². The van der Waals surface area contributed by atoms with E-state index in [-0.39, 0.29) is 17.1 Å². The summed E-state index contributed by atoms with van der Waals surface area (Å²) in [5.74, 6) is 1.27. The molecular weight excluding hydrogens is 354 g/mol. The molecular formula is C16H19N7O2S. The van der Waals surface area contributed by atoms with E-state index < -0.39 is 0 Å².